The number of hydrogen-bond donors (Lipinski definition) is 0. The van der Waals surface area contributed by atoms with Gasteiger partial charge in [-0.3, -0.25) is 9.59 Å². The second-order valence-corrected chi connectivity index (χ2v) is 6.51. The third-order valence-electron chi connectivity index (χ3n) is 4.66. The smallest absolute Gasteiger partial charge is 0.310 e. The first kappa shape index (κ1) is 19.7. The van der Waals surface area contributed by atoms with Crippen LogP contribution in [0, 0.1) is 5.82 Å². The van der Waals surface area contributed by atoms with E-state index in [0.717, 1.165) is 11.1 Å². The summed E-state index contributed by atoms with van der Waals surface area (Å²) in [5.74, 6) is 0.0144. The highest BCUT2D eigenvalue weighted by Crippen LogP contribution is 2.33. The molecular weight excluding hydrogens is 365 g/mol. The number of esters is 1. The molecular formula is C21H22FNO5. The van der Waals surface area contributed by atoms with Gasteiger partial charge in [-0.05, 0) is 47.4 Å². The molecule has 6 nitrogen and oxygen atoms in total. The van der Waals surface area contributed by atoms with Crippen LogP contribution < -0.4 is 9.47 Å². The molecule has 7 heteroatoms. The van der Waals surface area contributed by atoms with E-state index in [9.17, 15) is 14.0 Å². The molecule has 0 unspecified atom stereocenters. The molecule has 0 aliphatic carbocycles. The van der Waals surface area contributed by atoms with Gasteiger partial charge in [-0.1, -0.05) is 12.1 Å². The van der Waals surface area contributed by atoms with E-state index in [2.05, 4.69) is 0 Å². The van der Waals surface area contributed by atoms with E-state index < -0.39 is 11.8 Å². The van der Waals surface area contributed by atoms with Crippen molar-refractivity contribution in [2.24, 2.45) is 0 Å². The lowest BCUT2D eigenvalue weighted by atomic mass is 9.99. The fourth-order valence-corrected chi connectivity index (χ4v) is 3.19. The molecule has 1 heterocycles. The van der Waals surface area contributed by atoms with Crippen molar-refractivity contribution in [2.75, 3.05) is 27.4 Å². The Bertz CT molecular complexity index is 883. The summed E-state index contributed by atoms with van der Waals surface area (Å²) in [5, 5.41) is 0. The van der Waals surface area contributed by atoms with E-state index in [0.29, 0.717) is 36.6 Å². The number of fused-ring (bicyclic) bond motifs is 1. The number of ether oxygens (including phenoxy) is 3. The molecule has 0 saturated carbocycles. The lowest BCUT2D eigenvalue weighted by Gasteiger charge is -2.29. The van der Waals surface area contributed by atoms with Crippen LogP contribution in [0.4, 0.5) is 4.39 Å². The third-order valence-corrected chi connectivity index (χ3v) is 4.66. The molecule has 0 aromatic heterocycles. The maximum absolute atomic E-state index is 13.2. The van der Waals surface area contributed by atoms with E-state index >= 15 is 0 Å². The topological polar surface area (TPSA) is 65.1 Å². The number of rotatable bonds is 6. The molecule has 3 rings (SSSR count). The number of benzene rings is 2. The number of amides is 1. The summed E-state index contributed by atoms with van der Waals surface area (Å²) in [7, 11) is 3.15. The number of methoxy groups -OCH3 is 2. The van der Waals surface area contributed by atoms with Crippen LogP contribution >= 0.6 is 0 Å². The van der Waals surface area contributed by atoms with Gasteiger partial charge in [-0.25, -0.2) is 4.39 Å². The Morgan fingerprint density at radius 1 is 1.07 bits per heavy atom. The van der Waals surface area contributed by atoms with Crippen LogP contribution in [0.1, 0.15) is 16.7 Å². The van der Waals surface area contributed by atoms with Crippen LogP contribution in [-0.4, -0.2) is 44.1 Å². The molecule has 0 radical (unpaired) electrons. The largest absolute Gasteiger partial charge is 0.493 e. The molecule has 0 bridgehead atoms. The molecule has 0 spiro atoms. The van der Waals surface area contributed by atoms with Gasteiger partial charge in [0.25, 0.3) is 5.91 Å². The normalized spacial score (nSPS) is 12.9. The number of nitrogens with zero attached hydrogens (tertiary/aromatic N) is 1. The SMILES string of the molecule is COc1cc2c(cc1OC)CN(C(=O)COC(=O)Cc1cccc(F)c1)CC2. The highest BCUT2D eigenvalue weighted by atomic mass is 19.1. The molecule has 0 atom stereocenters. The predicted molar refractivity (Wildman–Crippen MR) is 99.7 cm³/mol. The summed E-state index contributed by atoms with van der Waals surface area (Å²) in [5.41, 5.74) is 2.58. The quantitative estimate of drug-likeness (QED) is 0.713. The minimum atomic E-state index is -0.567. The maximum atomic E-state index is 13.2. The summed E-state index contributed by atoms with van der Waals surface area (Å²) < 4.78 is 28.9. The molecule has 2 aromatic carbocycles. The zero-order valence-corrected chi connectivity index (χ0v) is 15.9. The summed E-state index contributed by atoms with van der Waals surface area (Å²) in [6, 6.07) is 9.52. The highest BCUT2D eigenvalue weighted by Gasteiger charge is 2.23. The van der Waals surface area contributed by atoms with Crippen LogP contribution in [0.15, 0.2) is 36.4 Å². The molecule has 0 fully saturated rings. The van der Waals surface area contributed by atoms with Crippen molar-refractivity contribution in [1.29, 1.82) is 0 Å². The first-order valence-corrected chi connectivity index (χ1v) is 8.91. The van der Waals surface area contributed by atoms with E-state index in [1.54, 1.807) is 25.2 Å². The molecule has 148 valence electrons. The fraction of sp³-hybridized carbons (Fsp3) is 0.333. The fourth-order valence-electron chi connectivity index (χ4n) is 3.19. The summed E-state index contributed by atoms with van der Waals surface area (Å²) in [4.78, 5) is 26.0. The Hall–Kier alpha value is -3.09. The Labute approximate surface area is 162 Å². The summed E-state index contributed by atoms with van der Waals surface area (Å²) >= 11 is 0. The monoisotopic (exact) mass is 387 g/mol. The Morgan fingerprint density at radius 2 is 1.79 bits per heavy atom. The number of carbonyl (C=O) groups excluding carboxylic acids is 2. The van der Waals surface area contributed by atoms with Crippen LogP contribution in [0.25, 0.3) is 0 Å². The number of halogens is 1. The van der Waals surface area contributed by atoms with E-state index in [4.69, 9.17) is 14.2 Å². The lowest BCUT2D eigenvalue weighted by molar-refractivity contribution is -0.151. The Balaban J connectivity index is 1.56. The van der Waals surface area contributed by atoms with Crippen molar-refractivity contribution >= 4 is 11.9 Å². The Kier molecular flexibility index (Phi) is 6.13. The van der Waals surface area contributed by atoms with E-state index in [1.807, 2.05) is 12.1 Å². The minimum Gasteiger partial charge on any atom is -0.493 e. The van der Waals surface area contributed by atoms with E-state index in [-0.39, 0.29) is 18.9 Å². The van der Waals surface area contributed by atoms with Gasteiger partial charge in [0.05, 0.1) is 20.6 Å². The second kappa shape index (κ2) is 8.73. The van der Waals surface area contributed by atoms with E-state index in [1.165, 1.54) is 18.2 Å². The maximum Gasteiger partial charge on any atom is 0.310 e. The zero-order valence-electron chi connectivity index (χ0n) is 15.9. The summed E-state index contributed by atoms with van der Waals surface area (Å²) in [6.45, 7) is 0.607. The van der Waals surface area contributed by atoms with Crippen molar-refractivity contribution in [3.8, 4) is 11.5 Å². The summed E-state index contributed by atoms with van der Waals surface area (Å²) in [6.07, 6.45) is 0.601. The average Bonchev–Trinajstić information content (AvgIpc) is 2.70. The van der Waals surface area contributed by atoms with Crippen LogP contribution in [0.5, 0.6) is 11.5 Å². The van der Waals surface area contributed by atoms with Gasteiger partial charge in [0.1, 0.15) is 5.82 Å². The van der Waals surface area contributed by atoms with Crippen LogP contribution in [0.3, 0.4) is 0 Å². The van der Waals surface area contributed by atoms with Crippen LogP contribution in [0.2, 0.25) is 0 Å². The zero-order chi connectivity index (χ0) is 20.1. The van der Waals surface area contributed by atoms with Crippen LogP contribution in [-0.2, 0) is 33.7 Å². The first-order valence-electron chi connectivity index (χ1n) is 8.91. The molecule has 0 N–H and O–H groups in total. The molecule has 1 aliphatic rings. The number of hydrogen-bond acceptors (Lipinski definition) is 5. The standard InChI is InChI=1S/C21H22FNO5/c1-26-18-10-15-6-7-23(12-16(15)11-19(18)27-2)20(24)13-28-21(25)9-14-4-3-5-17(22)8-14/h3-5,8,10-11H,6-7,9,12-13H2,1-2H3. The second-order valence-electron chi connectivity index (χ2n) is 6.51. The average molecular weight is 387 g/mol. The van der Waals surface area contributed by atoms with Crippen molar-refractivity contribution in [3.63, 3.8) is 0 Å². The minimum absolute atomic E-state index is 0.0785. The molecule has 0 saturated heterocycles. The van der Waals surface area contributed by atoms with Crippen molar-refractivity contribution in [1.82, 2.24) is 4.90 Å². The highest BCUT2D eigenvalue weighted by molar-refractivity contribution is 5.81. The molecule has 1 amide bonds. The van der Waals surface area contributed by atoms with Crippen molar-refractivity contribution in [3.05, 3.63) is 58.9 Å². The molecule has 28 heavy (non-hydrogen) atoms. The first-order chi connectivity index (χ1) is 13.5. The van der Waals surface area contributed by atoms with Gasteiger partial charge in [0.2, 0.25) is 0 Å². The number of carbonyl (C=O) groups is 2. The predicted octanol–water partition coefficient (Wildman–Crippen LogP) is 2.51. The van der Waals surface area contributed by atoms with Gasteiger partial charge in [0, 0.05) is 13.1 Å². The van der Waals surface area contributed by atoms with Gasteiger partial charge in [0.15, 0.2) is 18.1 Å². The lowest BCUT2D eigenvalue weighted by Crippen LogP contribution is -2.38. The third kappa shape index (κ3) is 4.60. The van der Waals surface area contributed by atoms with Gasteiger partial charge >= 0.3 is 5.97 Å². The Morgan fingerprint density at radius 3 is 2.46 bits per heavy atom. The van der Waals surface area contributed by atoms with Crippen molar-refractivity contribution < 1.29 is 28.2 Å². The van der Waals surface area contributed by atoms with Gasteiger partial charge in [-0.15, -0.1) is 0 Å². The van der Waals surface area contributed by atoms with Gasteiger partial charge < -0.3 is 19.1 Å². The molecule has 1 aliphatic heterocycles. The van der Waals surface area contributed by atoms with Gasteiger partial charge in [-0.2, -0.15) is 0 Å². The van der Waals surface area contributed by atoms with Crippen molar-refractivity contribution in [2.45, 2.75) is 19.4 Å². The molecule has 2 aromatic rings.